The Labute approximate surface area is 212 Å². The third-order valence-electron chi connectivity index (χ3n) is 6.61. The molecule has 8 nitrogen and oxygen atoms in total. The lowest BCUT2D eigenvalue weighted by atomic mass is 9.95. The van der Waals surface area contributed by atoms with Crippen molar-refractivity contribution in [3.05, 3.63) is 53.1 Å². The number of hydrogen-bond donors (Lipinski definition) is 0. The van der Waals surface area contributed by atoms with Gasteiger partial charge in [-0.2, -0.15) is 5.10 Å². The van der Waals surface area contributed by atoms with Gasteiger partial charge in [0.15, 0.2) is 5.69 Å². The minimum atomic E-state index is -0.363. The number of nitrogens with zero attached hydrogens (tertiary/aromatic N) is 4. The van der Waals surface area contributed by atoms with Gasteiger partial charge in [0.05, 0.1) is 29.8 Å². The highest BCUT2D eigenvalue weighted by Gasteiger charge is 2.35. The predicted octanol–water partition coefficient (Wildman–Crippen LogP) is 6.03. The lowest BCUT2D eigenvalue weighted by molar-refractivity contribution is 0.0646. The minimum Gasteiger partial charge on any atom is -0.496 e. The SMILES string of the molecule is CC=CC(=CC)n1nc(C(=O)N(C)C(C)(C)C)c2c1-c1cc(-c3c(C)noc3C)c(OC)cc1OC2. The van der Waals surface area contributed by atoms with Crippen molar-refractivity contribution in [2.24, 2.45) is 0 Å². The number of amides is 1. The van der Waals surface area contributed by atoms with Gasteiger partial charge < -0.3 is 18.9 Å². The number of rotatable bonds is 5. The van der Waals surface area contributed by atoms with E-state index in [4.69, 9.17) is 19.1 Å². The van der Waals surface area contributed by atoms with Crippen LogP contribution in [0.2, 0.25) is 0 Å². The number of carbonyl (C=O) groups is 1. The molecule has 190 valence electrons. The summed E-state index contributed by atoms with van der Waals surface area (Å²) in [6, 6.07) is 3.89. The summed E-state index contributed by atoms with van der Waals surface area (Å²) in [6.07, 6.45) is 5.90. The fourth-order valence-corrected chi connectivity index (χ4v) is 4.39. The molecule has 1 aliphatic rings. The highest BCUT2D eigenvalue weighted by molar-refractivity contribution is 5.97. The highest BCUT2D eigenvalue weighted by atomic mass is 16.5. The molecule has 0 radical (unpaired) electrons. The fraction of sp³-hybridized carbons (Fsp3) is 0.393. The van der Waals surface area contributed by atoms with Crippen LogP contribution in [0.5, 0.6) is 11.5 Å². The number of fused-ring (bicyclic) bond motifs is 3. The maximum atomic E-state index is 13.6. The molecule has 0 saturated carbocycles. The maximum absolute atomic E-state index is 13.6. The predicted molar refractivity (Wildman–Crippen MR) is 140 cm³/mol. The molecule has 0 saturated heterocycles. The second-order valence-electron chi connectivity index (χ2n) is 9.87. The van der Waals surface area contributed by atoms with E-state index in [9.17, 15) is 4.79 Å². The standard InChI is InChI=1S/C28H34N4O4/c1-10-12-18(11-2)32-26-20-13-19(24-16(3)30-36-17(24)4)22(34-9)14-23(20)35-15-21(26)25(29-32)27(33)31(8)28(5,6)7/h10-14H,15H2,1-9H3. The molecule has 0 fully saturated rings. The van der Waals surface area contributed by atoms with Gasteiger partial charge in [0, 0.05) is 35.3 Å². The lowest BCUT2D eigenvalue weighted by Crippen LogP contribution is -2.43. The van der Waals surface area contributed by atoms with Crippen molar-refractivity contribution in [2.45, 2.75) is 60.6 Å². The van der Waals surface area contributed by atoms with Gasteiger partial charge in [0.25, 0.3) is 5.91 Å². The molecule has 8 heteroatoms. The van der Waals surface area contributed by atoms with Gasteiger partial charge in [-0.15, -0.1) is 0 Å². The summed E-state index contributed by atoms with van der Waals surface area (Å²) in [5, 5.41) is 8.98. The van der Waals surface area contributed by atoms with Crippen molar-refractivity contribution in [1.29, 1.82) is 0 Å². The summed E-state index contributed by atoms with van der Waals surface area (Å²) in [7, 11) is 3.43. The van der Waals surface area contributed by atoms with Crippen molar-refractivity contribution >= 4 is 11.6 Å². The van der Waals surface area contributed by atoms with Gasteiger partial charge in [-0.05, 0) is 60.6 Å². The number of methoxy groups -OCH3 is 1. The minimum absolute atomic E-state index is 0.153. The van der Waals surface area contributed by atoms with Crippen molar-refractivity contribution in [3.63, 3.8) is 0 Å². The number of hydrogen-bond acceptors (Lipinski definition) is 6. The number of aryl methyl sites for hydroxylation is 2. The van der Waals surface area contributed by atoms with E-state index < -0.39 is 0 Å². The Bertz CT molecular complexity index is 1370. The number of benzene rings is 1. The number of aromatic nitrogens is 3. The Morgan fingerprint density at radius 2 is 1.92 bits per heavy atom. The summed E-state index contributed by atoms with van der Waals surface area (Å²) in [5.41, 5.74) is 5.74. The Morgan fingerprint density at radius 1 is 1.19 bits per heavy atom. The molecule has 0 N–H and O–H groups in total. The van der Waals surface area contributed by atoms with E-state index in [2.05, 4.69) is 5.16 Å². The third kappa shape index (κ3) is 4.10. The summed E-state index contributed by atoms with van der Waals surface area (Å²) >= 11 is 0. The van der Waals surface area contributed by atoms with Crippen LogP contribution < -0.4 is 9.47 Å². The molecule has 3 heterocycles. The van der Waals surface area contributed by atoms with Crippen LogP contribution in [0.3, 0.4) is 0 Å². The van der Waals surface area contributed by atoms with Crippen LogP contribution in [0.1, 0.15) is 62.1 Å². The largest absolute Gasteiger partial charge is 0.496 e. The van der Waals surface area contributed by atoms with Crippen LogP contribution in [-0.2, 0) is 6.61 Å². The Hall–Kier alpha value is -3.81. The van der Waals surface area contributed by atoms with Crippen LogP contribution in [0, 0.1) is 13.8 Å². The van der Waals surface area contributed by atoms with Gasteiger partial charge in [0.1, 0.15) is 23.9 Å². The van der Waals surface area contributed by atoms with Crippen molar-refractivity contribution in [2.75, 3.05) is 14.2 Å². The summed E-state index contributed by atoms with van der Waals surface area (Å²) in [4.78, 5) is 15.3. The second-order valence-corrected chi connectivity index (χ2v) is 9.87. The second kappa shape index (κ2) is 9.33. The van der Waals surface area contributed by atoms with Gasteiger partial charge in [-0.3, -0.25) is 4.79 Å². The van der Waals surface area contributed by atoms with Gasteiger partial charge in [-0.1, -0.05) is 17.3 Å². The van der Waals surface area contributed by atoms with Crippen LogP contribution in [0.25, 0.3) is 28.1 Å². The molecule has 0 atom stereocenters. The summed E-state index contributed by atoms with van der Waals surface area (Å²) in [6.45, 7) is 13.9. The fourth-order valence-electron chi connectivity index (χ4n) is 4.39. The molecule has 36 heavy (non-hydrogen) atoms. The van der Waals surface area contributed by atoms with Crippen molar-refractivity contribution in [3.8, 4) is 33.9 Å². The smallest absolute Gasteiger partial charge is 0.274 e. The first-order valence-corrected chi connectivity index (χ1v) is 12.0. The lowest BCUT2D eigenvalue weighted by Gasteiger charge is -2.31. The molecular formula is C28H34N4O4. The monoisotopic (exact) mass is 490 g/mol. The number of allylic oxidation sites excluding steroid dienone is 4. The Kier molecular flexibility index (Phi) is 6.56. The zero-order chi connectivity index (χ0) is 26.4. The van der Waals surface area contributed by atoms with Crippen LogP contribution >= 0.6 is 0 Å². The Morgan fingerprint density at radius 3 is 2.47 bits per heavy atom. The molecule has 2 aromatic heterocycles. The number of carbonyl (C=O) groups excluding carboxylic acids is 1. The quantitative estimate of drug-likeness (QED) is 0.406. The normalized spacial score (nSPS) is 13.4. The molecule has 1 amide bonds. The van der Waals surface area contributed by atoms with E-state index in [1.54, 1.807) is 19.1 Å². The average Bonchev–Trinajstić information content (AvgIpc) is 3.39. The first-order chi connectivity index (χ1) is 17.0. The van der Waals surface area contributed by atoms with E-state index in [0.29, 0.717) is 23.0 Å². The van der Waals surface area contributed by atoms with E-state index in [1.165, 1.54) is 0 Å². The molecule has 3 aromatic rings. The molecule has 0 bridgehead atoms. The first-order valence-electron chi connectivity index (χ1n) is 12.0. The first kappa shape index (κ1) is 25.3. The zero-order valence-electron chi connectivity index (χ0n) is 22.5. The molecule has 0 spiro atoms. The van der Waals surface area contributed by atoms with E-state index in [1.807, 2.05) is 83.5 Å². The molecule has 1 aromatic carbocycles. The van der Waals surface area contributed by atoms with Gasteiger partial charge in [0.2, 0.25) is 0 Å². The van der Waals surface area contributed by atoms with Crippen LogP contribution in [0.4, 0.5) is 0 Å². The zero-order valence-corrected chi connectivity index (χ0v) is 22.5. The van der Waals surface area contributed by atoms with Crippen molar-refractivity contribution < 1.29 is 18.8 Å². The van der Waals surface area contributed by atoms with Crippen LogP contribution in [0.15, 0.2) is 34.9 Å². The Balaban J connectivity index is 2.03. The van der Waals surface area contributed by atoms with Gasteiger partial charge in [-0.25, -0.2) is 4.68 Å². The van der Waals surface area contributed by atoms with E-state index >= 15 is 0 Å². The summed E-state index contributed by atoms with van der Waals surface area (Å²) in [5.74, 6) is 1.86. The molecular weight excluding hydrogens is 456 g/mol. The van der Waals surface area contributed by atoms with E-state index in [0.717, 1.165) is 39.3 Å². The van der Waals surface area contributed by atoms with Gasteiger partial charge >= 0.3 is 0 Å². The summed E-state index contributed by atoms with van der Waals surface area (Å²) < 4.78 is 19.2. The average molecular weight is 491 g/mol. The van der Waals surface area contributed by atoms with Crippen molar-refractivity contribution in [1.82, 2.24) is 19.8 Å². The number of ether oxygens (including phenoxy) is 2. The maximum Gasteiger partial charge on any atom is 0.274 e. The van der Waals surface area contributed by atoms with Crippen LogP contribution in [-0.4, -0.2) is 45.4 Å². The molecule has 0 aliphatic carbocycles. The van der Waals surface area contributed by atoms with E-state index in [-0.39, 0.29) is 18.1 Å². The molecule has 0 unspecified atom stereocenters. The molecule has 1 aliphatic heterocycles. The molecule has 4 rings (SSSR count). The topological polar surface area (TPSA) is 82.6 Å². The highest BCUT2D eigenvalue weighted by Crippen LogP contribution is 2.47. The third-order valence-corrected chi connectivity index (χ3v) is 6.61.